The molecule has 1 fully saturated rings. The average molecular weight is 262 g/mol. The number of rotatable bonds is 3. The highest BCUT2D eigenvalue weighted by atomic mass is 32.2. The van der Waals surface area contributed by atoms with Crippen molar-refractivity contribution in [3.05, 3.63) is 17.8 Å². The number of nitrogens with one attached hydrogen (secondary N) is 1. The molecule has 1 aliphatic rings. The number of thioether (sulfide) groups is 1. The Morgan fingerprint density at radius 2 is 2.39 bits per heavy atom. The minimum atomic E-state index is 0.443. The molecule has 18 heavy (non-hydrogen) atoms. The van der Waals surface area contributed by atoms with E-state index < -0.39 is 0 Å². The van der Waals surface area contributed by atoms with Crippen molar-refractivity contribution in [3.8, 4) is 6.07 Å². The van der Waals surface area contributed by atoms with Crippen molar-refractivity contribution in [2.45, 2.75) is 37.0 Å². The minimum absolute atomic E-state index is 0.443. The Bertz CT molecular complexity index is 455. The highest BCUT2D eigenvalue weighted by Crippen LogP contribution is 2.29. The van der Waals surface area contributed by atoms with Crippen LogP contribution in [0.2, 0.25) is 0 Å². The molecule has 1 saturated carbocycles. The van der Waals surface area contributed by atoms with Crippen molar-refractivity contribution in [2.24, 2.45) is 0 Å². The summed E-state index contributed by atoms with van der Waals surface area (Å²) in [4.78, 5) is 4.23. The average Bonchev–Trinajstić information content (AvgIpc) is 2.41. The van der Waals surface area contributed by atoms with Gasteiger partial charge in [-0.2, -0.15) is 17.0 Å². The Kier molecular flexibility index (Phi) is 4.32. The molecule has 1 heterocycles. The maximum Gasteiger partial charge on any atom is 0.149 e. The maximum absolute atomic E-state index is 8.77. The first kappa shape index (κ1) is 13.0. The molecule has 0 aromatic carbocycles. The molecule has 3 N–H and O–H groups in total. The normalized spacial score (nSPS) is 23.3. The van der Waals surface area contributed by atoms with Gasteiger partial charge in [-0.3, -0.25) is 0 Å². The number of nitrogens with two attached hydrogens (primary N) is 1. The highest BCUT2D eigenvalue weighted by Gasteiger charge is 2.21. The molecular formula is C13H18N4S. The first-order valence-corrected chi connectivity index (χ1v) is 7.46. The molecule has 5 heteroatoms. The van der Waals surface area contributed by atoms with Gasteiger partial charge in [-0.25, -0.2) is 4.98 Å². The van der Waals surface area contributed by atoms with E-state index in [1.165, 1.54) is 12.8 Å². The predicted molar refractivity (Wildman–Crippen MR) is 76.5 cm³/mol. The number of nitrogens with zero attached hydrogens (tertiary/aromatic N) is 2. The lowest BCUT2D eigenvalue weighted by Gasteiger charge is -2.29. The van der Waals surface area contributed by atoms with E-state index in [-0.39, 0.29) is 0 Å². The van der Waals surface area contributed by atoms with Crippen LogP contribution in [0.3, 0.4) is 0 Å². The van der Waals surface area contributed by atoms with Crippen LogP contribution in [0.15, 0.2) is 12.3 Å². The number of aromatic nitrogens is 1. The Balaban J connectivity index is 2.03. The van der Waals surface area contributed by atoms with Gasteiger partial charge >= 0.3 is 0 Å². The number of hydrogen-bond acceptors (Lipinski definition) is 5. The summed E-state index contributed by atoms with van der Waals surface area (Å²) in [5, 5.41) is 12.9. The van der Waals surface area contributed by atoms with Crippen LogP contribution in [-0.4, -0.2) is 22.5 Å². The molecule has 0 bridgehead atoms. The first-order chi connectivity index (χ1) is 8.72. The van der Waals surface area contributed by atoms with Gasteiger partial charge in [-0.1, -0.05) is 6.42 Å². The largest absolute Gasteiger partial charge is 0.396 e. The standard InChI is InChI=1S/C13H18N4S/c1-18-11-4-2-3-10(6-11)17-13-12(15)5-9(7-14)8-16-13/h5,8,10-11H,2-4,6,15H2,1H3,(H,16,17). The van der Waals surface area contributed by atoms with Gasteiger partial charge in [0.2, 0.25) is 0 Å². The van der Waals surface area contributed by atoms with E-state index in [1.54, 1.807) is 12.3 Å². The molecule has 0 aliphatic heterocycles. The molecule has 2 atom stereocenters. The Labute approximate surface area is 112 Å². The molecule has 96 valence electrons. The van der Waals surface area contributed by atoms with Gasteiger partial charge < -0.3 is 11.1 Å². The van der Waals surface area contributed by atoms with Crippen molar-refractivity contribution >= 4 is 23.3 Å². The maximum atomic E-state index is 8.77. The number of anilines is 2. The number of pyridine rings is 1. The molecule has 2 rings (SSSR count). The molecule has 1 aliphatic carbocycles. The second-order valence-corrected chi connectivity index (χ2v) is 5.78. The third kappa shape index (κ3) is 3.08. The summed E-state index contributed by atoms with van der Waals surface area (Å²) in [6, 6.07) is 4.16. The van der Waals surface area contributed by atoms with Crippen LogP contribution in [0.4, 0.5) is 11.5 Å². The van der Waals surface area contributed by atoms with E-state index in [9.17, 15) is 0 Å². The third-order valence-corrected chi connectivity index (χ3v) is 4.44. The van der Waals surface area contributed by atoms with Crippen molar-refractivity contribution in [1.29, 1.82) is 5.26 Å². The lowest BCUT2D eigenvalue weighted by atomic mass is 9.95. The van der Waals surface area contributed by atoms with Crippen LogP contribution in [0.25, 0.3) is 0 Å². The van der Waals surface area contributed by atoms with Gasteiger partial charge in [0.25, 0.3) is 0 Å². The van der Waals surface area contributed by atoms with E-state index in [0.717, 1.165) is 18.1 Å². The molecule has 0 radical (unpaired) electrons. The van der Waals surface area contributed by atoms with Crippen molar-refractivity contribution in [1.82, 2.24) is 4.98 Å². The van der Waals surface area contributed by atoms with E-state index in [4.69, 9.17) is 11.0 Å². The Hall–Kier alpha value is -1.41. The van der Waals surface area contributed by atoms with Crippen LogP contribution in [-0.2, 0) is 0 Å². The summed E-state index contributed by atoms with van der Waals surface area (Å²) >= 11 is 1.94. The number of nitriles is 1. The van der Waals surface area contributed by atoms with E-state index >= 15 is 0 Å². The van der Waals surface area contributed by atoms with Gasteiger partial charge in [0.15, 0.2) is 0 Å². The fourth-order valence-corrected chi connectivity index (χ4v) is 3.17. The van der Waals surface area contributed by atoms with Gasteiger partial charge in [0, 0.05) is 17.5 Å². The monoisotopic (exact) mass is 262 g/mol. The van der Waals surface area contributed by atoms with Crippen molar-refractivity contribution in [2.75, 3.05) is 17.3 Å². The fraction of sp³-hybridized carbons (Fsp3) is 0.538. The molecule has 1 aromatic heterocycles. The second kappa shape index (κ2) is 5.96. The molecule has 0 saturated heterocycles. The van der Waals surface area contributed by atoms with Crippen LogP contribution >= 0.6 is 11.8 Å². The summed E-state index contributed by atoms with van der Waals surface area (Å²) in [6.07, 6.45) is 8.60. The molecule has 2 unspecified atom stereocenters. The highest BCUT2D eigenvalue weighted by molar-refractivity contribution is 7.99. The first-order valence-electron chi connectivity index (χ1n) is 6.18. The number of hydrogen-bond donors (Lipinski definition) is 2. The molecule has 4 nitrogen and oxygen atoms in total. The topological polar surface area (TPSA) is 74.7 Å². The quantitative estimate of drug-likeness (QED) is 0.876. The Morgan fingerprint density at radius 3 is 3.06 bits per heavy atom. The van der Waals surface area contributed by atoms with E-state index in [1.807, 2.05) is 17.8 Å². The van der Waals surface area contributed by atoms with Crippen LogP contribution < -0.4 is 11.1 Å². The van der Waals surface area contributed by atoms with Gasteiger partial charge in [0.1, 0.15) is 11.9 Å². The van der Waals surface area contributed by atoms with E-state index in [2.05, 4.69) is 16.6 Å². The SMILES string of the molecule is CSC1CCCC(Nc2ncc(C#N)cc2N)C1. The molecule has 0 amide bonds. The van der Waals surface area contributed by atoms with Gasteiger partial charge in [-0.15, -0.1) is 0 Å². The van der Waals surface area contributed by atoms with Crippen molar-refractivity contribution in [3.63, 3.8) is 0 Å². The molecular weight excluding hydrogens is 244 g/mol. The third-order valence-electron chi connectivity index (χ3n) is 3.35. The second-order valence-electron chi connectivity index (χ2n) is 4.64. The van der Waals surface area contributed by atoms with Crippen molar-refractivity contribution < 1.29 is 0 Å². The zero-order valence-corrected chi connectivity index (χ0v) is 11.3. The Morgan fingerprint density at radius 1 is 1.56 bits per heavy atom. The zero-order chi connectivity index (χ0) is 13.0. The van der Waals surface area contributed by atoms with Crippen LogP contribution in [0, 0.1) is 11.3 Å². The fourth-order valence-electron chi connectivity index (χ4n) is 2.35. The molecule has 0 spiro atoms. The summed E-state index contributed by atoms with van der Waals surface area (Å²) in [7, 11) is 0. The summed E-state index contributed by atoms with van der Waals surface area (Å²) in [5.41, 5.74) is 6.96. The van der Waals surface area contributed by atoms with Crippen LogP contribution in [0.1, 0.15) is 31.2 Å². The lowest BCUT2D eigenvalue weighted by molar-refractivity contribution is 0.473. The minimum Gasteiger partial charge on any atom is -0.396 e. The van der Waals surface area contributed by atoms with Crippen LogP contribution in [0.5, 0.6) is 0 Å². The zero-order valence-electron chi connectivity index (χ0n) is 10.5. The summed E-state index contributed by atoms with van der Waals surface area (Å²) in [5.74, 6) is 0.709. The lowest BCUT2D eigenvalue weighted by Crippen LogP contribution is -2.29. The van der Waals surface area contributed by atoms with Gasteiger partial charge in [0.05, 0.1) is 11.3 Å². The smallest absolute Gasteiger partial charge is 0.149 e. The predicted octanol–water partition coefficient (Wildman–Crippen LogP) is 2.62. The summed E-state index contributed by atoms with van der Waals surface area (Å²) in [6.45, 7) is 0. The molecule has 1 aromatic rings. The van der Waals surface area contributed by atoms with E-state index in [0.29, 0.717) is 23.1 Å². The number of nitrogen functional groups attached to an aromatic ring is 1. The van der Waals surface area contributed by atoms with Gasteiger partial charge in [-0.05, 0) is 31.6 Å². The summed E-state index contributed by atoms with van der Waals surface area (Å²) < 4.78 is 0.